The average molecular weight is 390 g/mol. The second kappa shape index (κ2) is 7.22. The molecule has 144 valence electrons. The van der Waals surface area contributed by atoms with E-state index in [0.29, 0.717) is 37.7 Å². The predicted octanol–water partition coefficient (Wildman–Crippen LogP) is 2.00. The number of aromatic nitrogens is 2. The fraction of sp³-hybridized carbons (Fsp3) is 0.444. The monoisotopic (exact) mass is 390 g/mol. The topological polar surface area (TPSA) is 93.7 Å². The number of anilines is 3. The van der Waals surface area contributed by atoms with Crippen LogP contribution in [0.5, 0.6) is 11.5 Å². The second-order valence-electron chi connectivity index (χ2n) is 6.59. The summed E-state index contributed by atoms with van der Waals surface area (Å²) in [5.74, 6) is 3.20. The number of benzene rings is 1. The van der Waals surface area contributed by atoms with Crippen LogP contribution in [0.15, 0.2) is 30.6 Å². The molecule has 2 aromatic rings. The fourth-order valence-electron chi connectivity index (χ4n) is 3.47. The molecular weight excluding hydrogens is 368 g/mol. The quantitative estimate of drug-likeness (QED) is 0.829. The minimum absolute atomic E-state index is 0.0444. The summed E-state index contributed by atoms with van der Waals surface area (Å²) in [4.78, 5) is 10.7. The first-order valence-electron chi connectivity index (χ1n) is 9.00. The van der Waals surface area contributed by atoms with E-state index in [1.807, 2.05) is 36.1 Å². The van der Waals surface area contributed by atoms with Gasteiger partial charge in [0.1, 0.15) is 31.2 Å². The van der Waals surface area contributed by atoms with Crippen molar-refractivity contribution in [2.75, 3.05) is 41.5 Å². The van der Waals surface area contributed by atoms with E-state index >= 15 is 0 Å². The highest BCUT2D eigenvalue weighted by molar-refractivity contribution is 7.91. The number of nitrogens with zero attached hydrogens (tertiary/aromatic N) is 3. The van der Waals surface area contributed by atoms with Gasteiger partial charge >= 0.3 is 0 Å². The van der Waals surface area contributed by atoms with Crippen molar-refractivity contribution in [2.24, 2.45) is 0 Å². The number of nitrogens with one attached hydrogen (secondary N) is 1. The van der Waals surface area contributed by atoms with E-state index in [9.17, 15) is 8.42 Å². The summed E-state index contributed by atoms with van der Waals surface area (Å²) in [5, 5.41) is 3.25. The van der Waals surface area contributed by atoms with Crippen LogP contribution in [0, 0.1) is 0 Å². The molecule has 3 heterocycles. The van der Waals surface area contributed by atoms with E-state index in [1.54, 1.807) is 0 Å². The van der Waals surface area contributed by atoms with Gasteiger partial charge in [0, 0.05) is 30.4 Å². The van der Waals surface area contributed by atoms with Crippen molar-refractivity contribution in [3.05, 3.63) is 30.6 Å². The van der Waals surface area contributed by atoms with Crippen LogP contribution in [0.1, 0.15) is 13.3 Å². The summed E-state index contributed by atoms with van der Waals surface area (Å²) in [7, 11) is -2.95. The Hall–Kier alpha value is -2.55. The molecule has 1 atom stereocenters. The summed E-state index contributed by atoms with van der Waals surface area (Å²) in [6.07, 6.45) is 2.12. The molecule has 1 fully saturated rings. The third-order valence-electron chi connectivity index (χ3n) is 4.75. The van der Waals surface area contributed by atoms with E-state index in [1.165, 1.54) is 6.33 Å². The number of fused-ring (bicyclic) bond motifs is 1. The number of hydrogen-bond acceptors (Lipinski definition) is 8. The normalized spacial score (nSPS) is 20.3. The number of hydrogen-bond donors (Lipinski definition) is 1. The molecule has 9 heteroatoms. The van der Waals surface area contributed by atoms with Crippen molar-refractivity contribution in [2.45, 2.75) is 19.4 Å². The van der Waals surface area contributed by atoms with Crippen LogP contribution >= 0.6 is 0 Å². The molecule has 0 spiro atoms. The van der Waals surface area contributed by atoms with Gasteiger partial charge in [-0.05, 0) is 25.5 Å². The van der Waals surface area contributed by atoms with Crippen molar-refractivity contribution in [3.8, 4) is 11.5 Å². The van der Waals surface area contributed by atoms with Gasteiger partial charge in [0.2, 0.25) is 0 Å². The molecular formula is C18H22N4O4S. The van der Waals surface area contributed by atoms with E-state index in [0.717, 1.165) is 17.3 Å². The minimum Gasteiger partial charge on any atom is -0.486 e. The third-order valence-corrected chi connectivity index (χ3v) is 6.50. The van der Waals surface area contributed by atoms with Crippen LogP contribution in [0.2, 0.25) is 0 Å². The van der Waals surface area contributed by atoms with Crippen molar-refractivity contribution in [1.82, 2.24) is 9.97 Å². The van der Waals surface area contributed by atoms with Gasteiger partial charge < -0.3 is 19.7 Å². The standard InChI is InChI=1S/C18H22N4O4S/c1-2-22(14-5-8-27(23,24)11-14)18-10-17(19-12-20-18)21-13-3-4-15-16(9-13)26-7-6-25-15/h3-4,9-10,12,14H,2,5-8,11H2,1H3,(H,19,20,21). The zero-order chi connectivity index (χ0) is 18.9. The summed E-state index contributed by atoms with van der Waals surface area (Å²) in [5.41, 5.74) is 0.829. The smallest absolute Gasteiger partial charge is 0.163 e. The number of ether oxygens (including phenoxy) is 2. The molecule has 0 bridgehead atoms. The predicted molar refractivity (Wildman–Crippen MR) is 103 cm³/mol. The molecule has 0 saturated carbocycles. The Morgan fingerprint density at radius 1 is 1.19 bits per heavy atom. The van der Waals surface area contributed by atoms with Crippen LogP contribution < -0.4 is 19.7 Å². The first-order chi connectivity index (χ1) is 13.0. The SMILES string of the molecule is CCN(c1cc(Nc2ccc3c(c2)OCCO3)ncn1)C1CCS(=O)(=O)C1. The minimum atomic E-state index is -2.95. The molecule has 1 saturated heterocycles. The Balaban J connectivity index is 1.53. The Morgan fingerprint density at radius 2 is 2.00 bits per heavy atom. The van der Waals surface area contributed by atoms with Gasteiger partial charge in [0.15, 0.2) is 21.3 Å². The molecule has 1 unspecified atom stereocenters. The van der Waals surface area contributed by atoms with Crippen LogP contribution in [0.25, 0.3) is 0 Å². The second-order valence-corrected chi connectivity index (χ2v) is 8.82. The van der Waals surface area contributed by atoms with Gasteiger partial charge in [-0.1, -0.05) is 0 Å². The molecule has 0 amide bonds. The molecule has 0 radical (unpaired) electrons. The van der Waals surface area contributed by atoms with Gasteiger partial charge in [-0.15, -0.1) is 0 Å². The lowest BCUT2D eigenvalue weighted by Gasteiger charge is -2.28. The van der Waals surface area contributed by atoms with Crippen LogP contribution in [-0.2, 0) is 9.84 Å². The Bertz CT molecular complexity index is 935. The highest BCUT2D eigenvalue weighted by Gasteiger charge is 2.32. The van der Waals surface area contributed by atoms with Crippen molar-refractivity contribution >= 4 is 27.2 Å². The molecule has 0 aliphatic carbocycles. The van der Waals surface area contributed by atoms with Gasteiger partial charge in [-0.3, -0.25) is 0 Å². The molecule has 1 aromatic carbocycles. The van der Waals surface area contributed by atoms with Crippen molar-refractivity contribution in [3.63, 3.8) is 0 Å². The Morgan fingerprint density at radius 3 is 2.74 bits per heavy atom. The lowest BCUT2D eigenvalue weighted by atomic mass is 10.2. The van der Waals surface area contributed by atoms with Crippen LogP contribution in [-0.4, -0.2) is 55.7 Å². The lowest BCUT2D eigenvalue weighted by Crippen LogP contribution is -2.36. The summed E-state index contributed by atoms with van der Waals surface area (Å²) in [6.45, 7) is 3.77. The molecule has 1 aromatic heterocycles. The molecule has 27 heavy (non-hydrogen) atoms. The molecule has 2 aliphatic rings. The van der Waals surface area contributed by atoms with E-state index in [-0.39, 0.29) is 17.5 Å². The summed E-state index contributed by atoms with van der Waals surface area (Å²) in [6, 6.07) is 7.43. The van der Waals surface area contributed by atoms with E-state index < -0.39 is 9.84 Å². The highest BCUT2D eigenvalue weighted by Crippen LogP contribution is 2.33. The summed E-state index contributed by atoms with van der Waals surface area (Å²) >= 11 is 0. The van der Waals surface area contributed by atoms with Crippen LogP contribution in [0.4, 0.5) is 17.3 Å². The maximum Gasteiger partial charge on any atom is 0.163 e. The maximum absolute atomic E-state index is 11.8. The van der Waals surface area contributed by atoms with E-state index in [4.69, 9.17) is 9.47 Å². The Labute approximate surface area is 158 Å². The van der Waals surface area contributed by atoms with Gasteiger partial charge in [0.25, 0.3) is 0 Å². The van der Waals surface area contributed by atoms with Gasteiger partial charge in [0.05, 0.1) is 11.5 Å². The first-order valence-corrected chi connectivity index (χ1v) is 10.8. The average Bonchev–Trinajstić information content (AvgIpc) is 3.02. The lowest BCUT2D eigenvalue weighted by molar-refractivity contribution is 0.171. The first kappa shape index (κ1) is 17.8. The van der Waals surface area contributed by atoms with Crippen molar-refractivity contribution in [1.29, 1.82) is 0 Å². The van der Waals surface area contributed by atoms with E-state index in [2.05, 4.69) is 15.3 Å². The molecule has 4 rings (SSSR count). The van der Waals surface area contributed by atoms with Gasteiger partial charge in [-0.25, -0.2) is 18.4 Å². The third kappa shape index (κ3) is 3.92. The zero-order valence-electron chi connectivity index (χ0n) is 15.1. The largest absolute Gasteiger partial charge is 0.486 e. The highest BCUT2D eigenvalue weighted by atomic mass is 32.2. The molecule has 2 aliphatic heterocycles. The summed E-state index contributed by atoms with van der Waals surface area (Å²) < 4.78 is 34.8. The number of rotatable bonds is 5. The molecule has 1 N–H and O–H groups in total. The zero-order valence-corrected chi connectivity index (χ0v) is 15.9. The Kier molecular flexibility index (Phi) is 4.77. The fourth-order valence-corrected chi connectivity index (χ4v) is 5.20. The maximum atomic E-state index is 11.8. The number of sulfone groups is 1. The van der Waals surface area contributed by atoms with Crippen LogP contribution in [0.3, 0.4) is 0 Å². The van der Waals surface area contributed by atoms with Gasteiger partial charge in [-0.2, -0.15) is 0 Å². The van der Waals surface area contributed by atoms with Crippen molar-refractivity contribution < 1.29 is 17.9 Å². The molecule has 8 nitrogen and oxygen atoms in total.